The van der Waals surface area contributed by atoms with Crippen LogP contribution in [-0.4, -0.2) is 32.8 Å². The van der Waals surface area contributed by atoms with Gasteiger partial charge in [0.05, 0.1) is 23.7 Å². The minimum atomic E-state index is -0.526. The van der Waals surface area contributed by atoms with Crippen LogP contribution in [0.15, 0.2) is 33.9 Å². The van der Waals surface area contributed by atoms with E-state index in [0.717, 1.165) is 24.0 Å². The minimum absolute atomic E-state index is 0.0124. The molecule has 164 valence electrons. The number of anilines is 1. The maximum atomic E-state index is 13.6. The summed E-state index contributed by atoms with van der Waals surface area (Å²) in [7, 11) is 1.57. The lowest BCUT2D eigenvalue weighted by Gasteiger charge is -2.33. The number of nitrogens with zero attached hydrogens (tertiary/aromatic N) is 6. The third-order valence-electron chi connectivity index (χ3n) is 6.16. The molecule has 0 saturated carbocycles. The highest BCUT2D eigenvalue weighted by molar-refractivity contribution is 5.89. The van der Waals surface area contributed by atoms with Gasteiger partial charge in [0, 0.05) is 32.7 Å². The minimum Gasteiger partial charge on any atom is -0.355 e. The van der Waals surface area contributed by atoms with Gasteiger partial charge in [-0.05, 0) is 31.4 Å². The Hall–Kier alpha value is -3.82. The van der Waals surface area contributed by atoms with Crippen molar-refractivity contribution in [2.24, 2.45) is 12.8 Å². The quantitative estimate of drug-likeness (QED) is 0.662. The average molecular weight is 432 g/mol. The van der Waals surface area contributed by atoms with E-state index in [1.807, 2.05) is 11.5 Å². The van der Waals surface area contributed by atoms with E-state index in [1.54, 1.807) is 31.3 Å². The molecule has 0 radical (unpaired) electrons. The van der Waals surface area contributed by atoms with Crippen LogP contribution < -0.4 is 21.9 Å². The summed E-state index contributed by atoms with van der Waals surface area (Å²) in [5, 5.41) is 19.4. The van der Waals surface area contributed by atoms with Gasteiger partial charge in [-0.15, -0.1) is 0 Å². The smallest absolute Gasteiger partial charge is 0.331 e. The van der Waals surface area contributed by atoms with Crippen molar-refractivity contribution in [3.05, 3.63) is 61.8 Å². The van der Waals surface area contributed by atoms with Crippen molar-refractivity contribution in [1.29, 1.82) is 10.5 Å². The van der Waals surface area contributed by atoms with E-state index in [4.69, 9.17) is 5.73 Å². The molecule has 0 aliphatic carbocycles. The number of piperidine rings is 1. The van der Waals surface area contributed by atoms with Gasteiger partial charge in [-0.1, -0.05) is 18.2 Å². The standard InChI is InChI=1S/C23H25N7O2/c1-3-29-20-19(18(12-25)21(29)28-10-6-9-17(26)14-28)27(2)23(32)30(22(20)31)13-16-8-5-4-7-15(16)11-24/h4-5,7-8,17H,3,6,9-10,13-14,26H2,1-2H3/t17-/m1/s1. The van der Waals surface area contributed by atoms with Gasteiger partial charge in [-0.2, -0.15) is 10.5 Å². The molecule has 1 fully saturated rings. The van der Waals surface area contributed by atoms with Crippen LogP contribution in [0, 0.1) is 22.7 Å². The molecule has 0 amide bonds. The van der Waals surface area contributed by atoms with Crippen molar-refractivity contribution in [1.82, 2.24) is 13.7 Å². The van der Waals surface area contributed by atoms with Crippen LogP contribution >= 0.6 is 0 Å². The van der Waals surface area contributed by atoms with Crippen LogP contribution in [0.25, 0.3) is 11.0 Å². The Morgan fingerprint density at radius 3 is 2.53 bits per heavy atom. The first-order valence-electron chi connectivity index (χ1n) is 10.7. The molecule has 1 saturated heterocycles. The van der Waals surface area contributed by atoms with Crippen LogP contribution in [0.3, 0.4) is 0 Å². The molecule has 9 heteroatoms. The molecule has 1 aromatic carbocycles. The van der Waals surface area contributed by atoms with Crippen molar-refractivity contribution in [3.8, 4) is 12.1 Å². The molecule has 1 aliphatic heterocycles. The average Bonchev–Trinajstić information content (AvgIpc) is 3.15. The fourth-order valence-electron chi connectivity index (χ4n) is 4.65. The van der Waals surface area contributed by atoms with E-state index < -0.39 is 11.2 Å². The lowest BCUT2D eigenvalue weighted by Crippen LogP contribution is -2.44. The molecule has 0 spiro atoms. The van der Waals surface area contributed by atoms with E-state index in [9.17, 15) is 20.1 Å². The summed E-state index contributed by atoms with van der Waals surface area (Å²) in [4.78, 5) is 28.9. The second-order valence-corrected chi connectivity index (χ2v) is 8.10. The summed E-state index contributed by atoms with van der Waals surface area (Å²) in [6.07, 6.45) is 1.81. The van der Waals surface area contributed by atoms with Gasteiger partial charge >= 0.3 is 5.69 Å². The van der Waals surface area contributed by atoms with Gasteiger partial charge in [-0.3, -0.25) is 13.9 Å². The van der Waals surface area contributed by atoms with Crippen molar-refractivity contribution in [2.75, 3.05) is 18.0 Å². The summed E-state index contributed by atoms with van der Waals surface area (Å²) < 4.78 is 4.32. The van der Waals surface area contributed by atoms with E-state index in [0.29, 0.717) is 46.6 Å². The number of benzene rings is 1. The molecule has 32 heavy (non-hydrogen) atoms. The number of nitrogens with two attached hydrogens (primary N) is 1. The van der Waals surface area contributed by atoms with Gasteiger partial charge in [-0.25, -0.2) is 4.79 Å². The van der Waals surface area contributed by atoms with Crippen LogP contribution in [0.1, 0.15) is 36.5 Å². The molecule has 0 bridgehead atoms. The molecule has 2 N–H and O–H groups in total. The van der Waals surface area contributed by atoms with Crippen LogP contribution in [-0.2, 0) is 20.1 Å². The maximum Gasteiger partial charge on any atom is 0.331 e. The predicted octanol–water partition coefficient (Wildman–Crippen LogP) is 1.24. The summed E-state index contributed by atoms with van der Waals surface area (Å²) >= 11 is 0. The Bertz CT molecular complexity index is 1400. The zero-order valence-electron chi connectivity index (χ0n) is 18.2. The molecular formula is C23H25N7O2. The number of aromatic nitrogens is 3. The molecule has 9 nitrogen and oxygen atoms in total. The Morgan fingerprint density at radius 1 is 1.12 bits per heavy atom. The Balaban J connectivity index is 2.01. The second-order valence-electron chi connectivity index (χ2n) is 8.10. The number of rotatable bonds is 4. The van der Waals surface area contributed by atoms with E-state index in [1.165, 1.54) is 4.57 Å². The van der Waals surface area contributed by atoms with Gasteiger partial charge in [0.1, 0.15) is 23.0 Å². The van der Waals surface area contributed by atoms with Gasteiger partial charge in [0.2, 0.25) is 0 Å². The van der Waals surface area contributed by atoms with Crippen LogP contribution in [0.5, 0.6) is 0 Å². The highest BCUT2D eigenvalue weighted by Crippen LogP contribution is 2.32. The second kappa shape index (κ2) is 8.37. The number of aryl methyl sites for hydroxylation is 2. The molecular weight excluding hydrogens is 406 g/mol. The molecule has 0 unspecified atom stereocenters. The highest BCUT2D eigenvalue weighted by atomic mass is 16.2. The maximum absolute atomic E-state index is 13.6. The number of hydrogen-bond donors (Lipinski definition) is 1. The first-order chi connectivity index (χ1) is 15.4. The molecule has 2 aromatic heterocycles. The predicted molar refractivity (Wildman–Crippen MR) is 122 cm³/mol. The third kappa shape index (κ3) is 3.28. The zero-order valence-corrected chi connectivity index (χ0v) is 18.2. The molecule has 1 aliphatic rings. The third-order valence-corrected chi connectivity index (χ3v) is 6.16. The van der Waals surface area contributed by atoms with Gasteiger partial charge < -0.3 is 15.2 Å². The van der Waals surface area contributed by atoms with E-state index in [2.05, 4.69) is 17.0 Å². The SMILES string of the molecule is CCn1c(N2CCC[C@@H](N)C2)c(C#N)c2c1c(=O)n(Cc1ccccc1C#N)c(=O)n2C. The largest absolute Gasteiger partial charge is 0.355 e. The highest BCUT2D eigenvalue weighted by Gasteiger charge is 2.29. The van der Waals surface area contributed by atoms with E-state index >= 15 is 0 Å². The van der Waals surface area contributed by atoms with Crippen LogP contribution in [0.2, 0.25) is 0 Å². The summed E-state index contributed by atoms with van der Waals surface area (Å²) in [6.45, 7) is 3.67. The Morgan fingerprint density at radius 2 is 1.88 bits per heavy atom. The zero-order chi connectivity index (χ0) is 23.0. The van der Waals surface area contributed by atoms with Crippen LogP contribution in [0.4, 0.5) is 5.82 Å². The number of fused-ring (bicyclic) bond motifs is 1. The Labute approximate surface area is 185 Å². The van der Waals surface area contributed by atoms with E-state index in [-0.39, 0.29) is 12.6 Å². The van der Waals surface area contributed by atoms with Crippen molar-refractivity contribution >= 4 is 16.9 Å². The molecule has 3 heterocycles. The monoisotopic (exact) mass is 431 g/mol. The lowest BCUT2D eigenvalue weighted by atomic mass is 10.1. The summed E-state index contributed by atoms with van der Waals surface area (Å²) in [6, 6.07) is 11.2. The first kappa shape index (κ1) is 21.4. The van der Waals surface area contributed by atoms with Crippen molar-refractivity contribution < 1.29 is 0 Å². The fraction of sp³-hybridized carbons (Fsp3) is 0.391. The molecule has 1 atom stereocenters. The summed E-state index contributed by atoms with van der Waals surface area (Å²) in [5.74, 6) is 0.641. The number of hydrogen-bond acceptors (Lipinski definition) is 6. The van der Waals surface area contributed by atoms with Gasteiger partial charge in [0.25, 0.3) is 5.56 Å². The van der Waals surface area contributed by atoms with Gasteiger partial charge in [0.15, 0.2) is 0 Å². The fourth-order valence-corrected chi connectivity index (χ4v) is 4.65. The molecule has 4 rings (SSSR count). The molecule has 3 aromatic rings. The summed E-state index contributed by atoms with van der Waals surface area (Å²) in [5.41, 5.74) is 7.15. The normalized spacial score (nSPS) is 16.2. The number of nitriles is 2. The lowest BCUT2D eigenvalue weighted by molar-refractivity contribution is 0.498. The Kier molecular flexibility index (Phi) is 5.60. The topological polar surface area (TPSA) is 126 Å². The van der Waals surface area contributed by atoms with Crippen molar-refractivity contribution in [3.63, 3.8) is 0 Å². The van der Waals surface area contributed by atoms with Crippen molar-refractivity contribution in [2.45, 2.75) is 38.9 Å². The first-order valence-corrected chi connectivity index (χ1v) is 10.7.